The highest BCUT2D eigenvalue weighted by Gasteiger charge is 2.54. The third-order valence-electron chi connectivity index (χ3n) is 5.20. The van der Waals surface area contributed by atoms with Crippen molar-refractivity contribution in [2.24, 2.45) is 5.92 Å². The van der Waals surface area contributed by atoms with Gasteiger partial charge in [-0.05, 0) is 38.3 Å². The summed E-state index contributed by atoms with van der Waals surface area (Å²) in [4.78, 5) is 26.0. The van der Waals surface area contributed by atoms with Crippen LogP contribution >= 0.6 is 0 Å². The topological polar surface area (TPSA) is 64.6 Å². The third-order valence-corrected chi connectivity index (χ3v) is 5.20. The Bertz CT molecular complexity index is 844. The van der Waals surface area contributed by atoms with Crippen LogP contribution in [0.3, 0.4) is 0 Å². The summed E-state index contributed by atoms with van der Waals surface area (Å²) in [5, 5.41) is 3.46. The minimum absolute atomic E-state index is 0.308. The summed E-state index contributed by atoms with van der Waals surface area (Å²) in [6.45, 7) is 5.55. The fraction of sp³-hybridized carbons (Fsp3) is 0.417. The van der Waals surface area contributed by atoms with Crippen LogP contribution in [0.1, 0.15) is 44.4 Å². The van der Waals surface area contributed by atoms with E-state index in [1.54, 1.807) is 0 Å². The minimum atomic E-state index is -1.00. The smallest absolute Gasteiger partial charge is 0.326 e. The molecule has 1 aliphatic heterocycles. The molecule has 0 radical (unpaired) electrons. The molecule has 0 bridgehead atoms. The van der Waals surface area contributed by atoms with Crippen LogP contribution in [0.2, 0.25) is 0 Å². The number of carbonyl (C=O) groups is 2. The maximum atomic E-state index is 13.1. The fourth-order valence-corrected chi connectivity index (χ4v) is 4.00. The second-order valence-corrected chi connectivity index (χ2v) is 8.61. The Balaban J connectivity index is 1.99. The summed E-state index contributed by atoms with van der Waals surface area (Å²) in [6.07, 6.45) is 0.742. The number of ether oxygens (including phenoxy) is 2. The normalized spacial score (nSPS) is 24.1. The molecule has 1 N–H and O–H groups in total. The molecule has 154 valence electrons. The predicted molar refractivity (Wildman–Crippen MR) is 111 cm³/mol. The van der Waals surface area contributed by atoms with Gasteiger partial charge >= 0.3 is 11.9 Å². The number of carbonyl (C=O) groups excluding carboxylic acids is 2. The van der Waals surface area contributed by atoms with Gasteiger partial charge in [-0.25, -0.2) is 0 Å². The molecular formula is C24H29NO4. The van der Waals surface area contributed by atoms with Crippen LogP contribution in [0.15, 0.2) is 60.7 Å². The molecule has 1 fully saturated rings. The fourth-order valence-electron chi connectivity index (χ4n) is 4.00. The van der Waals surface area contributed by atoms with Crippen LogP contribution in [0, 0.1) is 5.92 Å². The Hall–Kier alpha value is -2.66. The molecule has 1 unspecified atom stereocenters. The highest BCUT2D eigenvalue weighted by atomic mass is 16.6. The molecule has 0 spiro atoms. The van der Waals surface area contributed by atoms with Gasteiger partial charge in [-0.2, -0.15) is 0 Å². The molecule has 29 heavy (non-hydrogen) atoms. The lowest BCUT2D eigenvalue weighted by atomic mass is 9.85. The lowest BCUT2D eigenvalue weighted by Crippen LogP contribution is -2.50. The Labute approximate surface area is 172 Å². The van der Waals surface area contributed by atoms with Crippen LogP contribution in [0.5, 0.6) is 0 Å². The maximum absolute atomic E-state index is 13.1. The first-order valence-electron chi connectivity index (χ1n) is 9.92. The number of hydrogen-bond acceptors (Lipinski definition) is 5. The number of rotatable bonds is 5. The van der Waals surface area contributed by atoms with Crippen LogP contribution < -0.4 is 5.32 Å². The standard InChI is InChI=1S/C24H29NO4/c1-23(2,3)29-21(26)19-16-24(22(27)28-4,15-17-11-7-5-8-12-17)25-20(19)18-13-9-6-10-14-18/h5-14,19-20,25H,15-16H2,1-4H3/t19?,20-,24+/m1/s1. The largest absolute Gasteiger partial charge is 0.468 e. The molecule has 1 heterocycles. The van der Waals surface area contributed by atoms with E-state index in [2.05, 4.69) is 5.32 Å². The van der Waals surface area contributed by atoms with Gasteiger partial charge in [0.2, 0.25) is 0 Å². The van der Waals surface area contributed by atoms with E-state index in [0.717, 1.165) is 11.1 Å². The van der Waals surface area contributed by atoms with Crippen molar-refractivity contribution in [1.82, 2.24) is 5.32 Å². The van der Waals surface area contributed by atoms with Crippen molar-refractivity contribution in [1.29, 1.82) is 0 Å². The number of benzene rings is 2. The van der Waals surface area contributed by atoms with Crippen molar-refractivity contribution in [2.75, 3.05) is 7.11 Å². The lowest BCUT2D eigenvalue weighted by molar-refractivity contribution is -0.160. The number of hydrogen-bond donors (Lipinski definition) is 1. The van der Waals surface area contributed by atoms with Crippen LogP contribution in [0.25, 0.3) is 0 Å². The van der Waals surface area contributed by atoms with Crippen LogP contribution in [-0.2, 0) is 25.5 Å². The van der Waals surface area contributed by atoms with Gasteiger partial charge in [0, 0.05) is 12.5 Å². The quantitative estimate of drug-likeness (QED) is 0.780. The molecule has 3 rings (SSSR count). The molecule has 0 aliphatic carbocycles. The van der Waals surface area contributed by atoms with Crippen LogP contribution in [0.4, 0.5) is 0 Å². The average molecular weight is 395 g/mol. The molecule has 1 saturated heterocycles. The minimum Gasteiger partial charge on any atom is -0.468 e. The molecule has 1 aliphatic rings. The zero-order valence-electron chi connectivity index (χ0n) is 17.5. The van der Waals surface area contributed by atoms with E-state index in [4.69, 9.17) is 9.47 Å². The molecule has 5 nitrogen and oxygen atoms in total. The Kier molecular flexibility index (Phi) is 6.08. The van der Waals surface area contributed by atoms with Gasteiger partial charge in [-0.1, -0.05) is 60.7 Å². The summed E-state index contributed by atoms with van der Waals surface area (Å²) >= 11 is 0. The second-order valence-electron chi connectivity index (χ2n) is 8.61. The maximum Gasteiger partial charge on any atom is 0.326 e. The molecule has 2 aromatic carbocycles. The van der Waals surface area contributed by atoms with E-state index in [-0.39, 0.29) is 18.0 Å². The first kappa shape index (κ1) is 21.1. The van der Waals surface area contributed by atoms with Gasteiger partial charge in [0.1, 0.15) is 11.1 Å². The summed E-state index contributed by atoms with van der Waals surface area (Å²) in [5.74, 6) is -1.18. The van der Waals surface area contributed by atoms with E-state index in [1.807, 2.05) is 81.4 Å². The third kappa shape index (κ3) is 4.85. The van der Waals surface area contributed by atoms with Crippen molar-refractivity contribution in [3.63, 3.8) is 0 Å². The zero-order valence-corrected chi connectivity index (χ0v) is 17.5. The van der Waals surface area contributed by atoms with E-state index in [0.29, 0.717) is 12.8 Å². The predicted octanol–water partition coefficient (Wildman–Crippen LogP) is 3.83. The number of methoxy groups -OCH3 is 1. The summed E-state index contributed by atoms with van der Waals surface area (Å²) in [6, 6.07) is 19.1. The summed E-state index contributed by atoms with van der Waals surface area (Å²) < 4.78 is 10.9. The monoisotopic (exact) mass is 395 g/mol. The van der Waals surface area contributed by atoms with Gasteiger partial charge < -0.3 is 9.47 Å². The Morgan fingerprint density at radius 2 is 1.62 bits per heavy atom. The van der Waals surface area contributed by atoms with Crippen molar-refractivity contribution in [3.8, 4) is 0 Å². The van der Waals surface area contributed by atoms with E-state index in [9.17, 15) is 9.59 Å². The summed E-state index contributed by atoms with van der Waals surface area (Å²) in [5.41, 5.74) is 0.344. The van der Waals surface area contributed by atoms with Gasteiger partial charge in [0.15, 0.2) is 0 Å². The molecule has 0 aromatic heterocycles. The molecule has 2 aromatic rings. The van der Waals surface area contributed by atoms with Crippen molar-refractivity contribution in [3.05, 3.63) is 71.8 Å². The Morgan fingerprint density at radius 1 is 1.03 bits per heavy atom. The van der Waals surface area contributed by atoms with Gasteiger partial charge in [-0.3, -0.25) is 14.9 Å². The first-order chi connectivity index (χ1) is 13.7. The molecule has 0 amide bonds. The zero-order chi connectivity index (χ0) is 21.1. The first-order valence-corrected chi connectivity index (χ1v) is 9.92. The highest BCUT2D eigenvalue weighted by Crippen LogP contribution is 2.41. The summed E-state index contributed by atoms with van der Waals surface area (Å²) in [7, 11) is 1.38. The van der Waals surface area contributed by atoms with Crippen molar-refractivity contribution in [2.45, 2.75) is 50.8 Å². The highest BCUT2D eigenvalue weighted by molar-refractivity contribution is 5.85. The molecular weight excluding hydrogens is 366 g/mol. The SMILES string of the molecule is COC(=O)[C@]1(Cc2ccccc2)CC(C(=O)OC(C)(C)C)[C@@H](c2ccccc2)N1. The molecule has 3 atom stereocenters. The van der Waals surface area contributed by atoms with Crippen molar-refractivity contribution < 1.29 is 19.1 Å². The van der Waals surface area contributed by atoms with Gasteiger partial charge in [0.05, 0.1) is 13.0 Å². The van der Waals surface area contributed by atoms with E-state index in [1.165, 1.54) is 7.11 Å². The number of nitrogens with one attached hydrogen (secondary N) is 1. The van der Waals surface area contributed by atoms with E-state index < -0.39 is 17.1 Å². The molecule has 0 saturated carbocycles. The van der Waals surface area contributed by atoms with Gasteiger partial charge in [0.25, 0.3) is 0 Å². The molecule has 5 heteroatoms. The van der Waals surface area contributed by atoms with Crippen molar-refractivity contribution >= 4 is 11.9 Å². The number of esters is 2. The van der Waals surface area contributed by atoms with Crippen LogP contribution in [-0.4, -0.2) is 30.2 Å². The lowest BCUT2D eigenvalue weighted by Gasteiger charge is -2.28. The Morgan fingerprint density at radius 3 is 2.17 bits per heavy atom. The van der Waals surface area contributed by atoms with E-state index >= 15 is 0 Å². The van der Waals surface area contributed by atoms with Gasteiger partial charge in [-0.15, -0.1) is 0 Å². The average Bonchev–Trinajstić information content (AvgIpc) is 3.08. The second kappa shape index (κ2) is 8.37.